The number of anilines is 2. The zero-order valence-electron chi connectivity index (χ0n) is 15.6. The molecule has 0 saturated carbocycles. The van der Waals surface area contributed by atoms with Gasteiger partial charge in [0, 0.05) is 29.3 Å². The first-order valence-electron chi connectivity index (χ1n) is 9.34. The summed E-state index contributed by atoms with van der Waals surface area (Å²) < 4.78 is 13.0. The Hall–Kier alpha value is -3.19. The molecule has 3 aromatic rings. The summed E-state index contributed by atoms with van der Waals surface area (Å²) in [6.45, 7) is 1.17. The van der Waals surface area contributed by atoms with Crippen molar-refractivity contribution >= 4 is 34.5 Å². The molecule has 5 nitrogen and oxygen atoms in total. The molecule has 7 heteroatoms. The molecule has 2 amide bonds. The highest BCUT2D eigenvalue weighted by atomic mass is 32.1. The number of rotatable bonds is 5. The average Bonchev–Trinajstić information content (AvgIpc) is 3.40. The average molecular weight is 409 g/mol. The lowest BCUT2D eigenvalue weighted by Crippen LogP contribution is -2.41. The molecule has 0 bridgehead atoms. The number of hydrogen-bond acceptors (Lipinski definition) is 4. The Balaban J connectivity index is 1.44. The van der Waals surface area contributed by atoms with Crippen molar-refractivity contribution in [3.05, 3.63) is 82.3 Å². The number of hydrogen-bond donors (Lipinski definition) is 2. The highest BCUT2D eigenvalue weighted by Gasteiger charge is 2.28. The Morgan fingerprint density at radius 1 is 1.03 bits per heavy atom. The van der Waals surface area contributed by atoms with E-state index in [1.165, 1.54) is 29.8 Å². The van der Waals surface area contributed by atoms with Crippen LogP contribution in [0.25, 0.3) is 0 Å². The molecule has 0 fully saturated rings. The van der Waals surface area contributed by atoms with Crippen molar-refractivity contribution < 1.29 is 14.0 Å². The molecule has 1 atom stereocenters. The fourth-order valence-electron chi connectivity index (χ4n) is 3.52. The lowest BCUT2D eigenvalue weighted by molar-refractivity contribution is -0.136. The van der Waals surface area contributed by atoms with Crippen LogP contribution in [0, 0.1) is 5.82 Å². The monoisotopic (exact) mass is 409 g/mol. The van der Waals surface area contributed by atoms with Gasteiger partial charge in [0.05, 0.1) is 6.04 Å². The maximum Gasteiger partial charge on any atom is 0.313 e. The molecule has 1 unspecified atom stereocenters. The predicted octanol–water partition coefficient (Wildman–Crippen LogP) is 3.75. The van der Waals surface area contributed by atoms with Gasteiger partial charge in [0.25, 0.3) is 0 Å². The van der Waals surface area contributed by atoms with Crippen LogP contribution < -0.4 is 15.5 Å². The zero-order chi connectivity index (χ0) is 20.2. The number of benzene rings is 2. The maximum atomic E-state index is 13.0. The smallest absolute Gasteiger partial charge is 0.313 e. The number of para-hydroxylation sites is 1. The quantitative estimate of drug-likeness (QED) is 0.631. The molecule has 0 spiro atoms. The highest BCUT2D eigenvalue weighted by Crippen LogP contribution is 2.36. The molecule has 0 radical (unpaired) electrons. The van der Waals surface area contributed by atoms with Crippen LogP contribution >= 0.6 is 11.3 Å². The van der Waals surface area contributed by atoms with Gasteiger partial charge >= 0.3 is 11.8 Å². The Kier molecular flexibility index (Phi) is 5.57. The van der Waals surface area contributed by atoms with E-state index < -0.39 is 17.6 Å². The second-order valence-corrected chi connectivity index (χ2v) is 7.75. The molecule has 1 aliphatic rings. The summed E-state index contributed by atoms with van der Waals surface area (Å²) in [4.78, 5) is 27.9. The number of thiophene rings is 1. The van der Waals surface area contributed by atoms with Gasteiger partial charge in [-0.05, 0) is 53.8 Å². The van der Waals surface area contributed by atoms with E-state index in [4.69, 9.17) is 0 Å². The van der Waals surface area contributed by atoms with Gasteiger partial charge in [0.2, 0.25) is 0 Å². The second-order valence-electron chi connectivity index (χ2n) is 6.77. The van der Waals surface area contributed by atoms with Crippen LogP contribution in [0.1, 0.15) is 16.5 Å². The van der Waals surface area contributed by atoms with Gasteiger partial charge in [0.1, 0.15) is 5.82 Å². The normalized spacial score (nSPS) is 13.6. The molecule has 2 aromatic carbocycles. The van der Waals surface area contributed by atoms with Gasteiger partial charge in [-0.15, -0.1) is 11.3 Å². The minimum Gasteiger partial charge on any atom is -0.361 e. The van der Waals surface area contributed by atoms with Crippen LogP contribution in [0.15, 0.2) is 66.0 Å². The standard InChI is InChI=1S/C22H20FN3O2S/c23-16-7-9-17(10-8-16)25-22(28)21(27)24-14-19(20-6-3-13-29-20)26-12-11-15-4-1-2-5-18(15)26/h1-10,13,19H,11-12,14H2,(H,24,27)(H,25,28). The van der Waals surface area contributed by atoms with Crippen molar-refractivity contribution in [1.82, 2.24) is 5.32 Å². The predicted molar refractivity (Wildman–Crippen MR) is 113 cm³/mol. The van der Waals surface area contributed by atoms with E-state index in [9.17, 15) is 14.0 Å². The van der Waals surface area contributed by atoms with Crippen molar-refractivity contribution in [3.63, 3.8) is 0 Å². The van der Waals surface area contributed by atoms with E-state index in [0.29, 0.717) is 12.2 Å². The second kappa shape index (κ2) is 8.45. The Labute approximate surface area is 172 Å². The summed E-state index contributed by atoms with van der Waals surface area (Å²) in [5, 5.41) is 7.24. The molecular formula is C22H20FN3O2S. The summed E-state index contributed by atoms with van der Waals surface area (Å²) in [5.74, 6) is -1.90. The van der Waals surface area contributed by atoms with Gasteiger partial charge in [-0.25, -0.2) is 4.39 Å². The summed E-state index contributed by atoms with van der Waals surface area (Å²) in [7, 11) is 0. The summed E-state index contributed by atoms with van der Waals surface area (Å²) in [5.41, 5.74) is 2.82. The third-order valence-electron chi connectivity index (χ3n) is 4.94. The van der Waals surface area contributed by atoms with Crippen molar-refractivity contribution in [2.45, 2.75) is 12.5 Å². The number of nitrogens with one attached hydrogen (secondary N) is 2. The molecule has 2 N–H and O–H groups in total. The molecule has 2 heterocycles. The third kappa shape index (κ3) is 4.30. The molecule has 29 heavy (non-hydrogen) atoms. The number of amides is 2. The lowest BCUT2D eigenvalue weighted by atomic mass is 10.1. The van der Waals surface area contributed by atoms with E-state index in [2.05, 4.69) is 27.7 Å². The molecule has 1 aromatic heterocycles. The van der Waals surface area contributed by atoms with Crippen LogP contribution in [0.3, 0.4) is 0 Å². The van der Waals surface area contributed by atoms with Crippen molar-refractivity contribution in [2.24, 2.45) is 0 Å². The number of carbonyl (C=O) groups excluding carboxylic acids is 2. The Morgan fingerprint density at radius 2 is 1.83 bits per heavy atom. The third-order valence-corrected chi connectivity index (χ3v) is 5.91. The van der Waals surface area contributed by atoms with Gasteiger partial charge < -0.3 is 15.5 Å². The summed E-state index contributed by atoms with van der Waals surface area (Å²) in [6.07, 6.45) is 0.955. The van der Waals surface area contributed by atoms with Crippen LogP contribution in [0.5, 0.6) is 0 Å². The van der Waals surface area contributed by atoms with Crippen molar-refractivity contribution in [2.75, 3.05) is 23.3 Å². The van der Waals surface area contributed by atoms with Gasteiger partial charge in [-0.2, -0.15) is 0 Å². The SMILES string of the molecule is O=C(NCC(c1cccs1)N1CCc2ccccc21)C(=O)Nc1ccc(F)cc1. The molecule has 148 valence electrons. The molecule has 4 rings (SSSR count). The first kappa shape index (κ1) is 19.1. The highest BCUT2D eigenvalue weighted by molar-refractivity contribution is 7.10. The van der Waals surface area contributed by atoms with Crippen LogP contribution in [-0.4, -0.2) is 24.9 Å². The Bertz CT molecular complexity index is 1010. The van der Waals surface area contributed by atoms with Crippen molar-refractivity contribution in [3.8, 4) is 0 Å². The van der Waals surface area contributed by atoms with Gasteiger partial charge in [-0.3, -0.25) is 9.59 Å². The van der Waals surface area contributed by atoms with Crippen LogP contribution in [-0.2, 0) is 16.0 Å². The summed E-state index contributed by atoms with van der Waals surface area (Å²) in [6, 6.07) is 17.5. The zero-order valence-corrected chi connectivity index (χ0v) is 16.4. The molecule has 0 saturated heterocycles. The van der Waals surface area contributed by atoms with Gasteiger partial charge in [-0.1, -0.05) is 24.3 Å². The molecular weight excluding hydrogens is 389 g/mol. The van der Waals surface area contributed by atoms with Crippen LogP contribution in [0.4, 0.5) is 15.8 Å². The van der Waals surface area contributed by atoms with Gasteiger partial charge in [0.15, 0.2) is 0 Å². The minimum absolute atomic E-state index is 0.0544. The van der Waals surface area contributed by atoms with Crippen LogP contribution in [0.2, 0.25) is 0 Å². The minimum atomic E-state index is -0.775. The number of carbonyl (C=O) groups is 2. The maximum absolute atomic E-state index is 13.0. The number of halogens is 1. The fourth-order valence-corrected chi connectivity index (χ4v) is 4.36. The number of fused-ring (bicyclic) bond motifs is 1. The first-order chi connectivity index (χ1) is 14.1. The van der Waals surface area contributed by atoms with E-state index in [1.807, 2.05) is 29.6 Å². The molecule has 1 aliphatic heterocycles. The van der Waals surface area contributed by atoms with E-state index in [1.54, 1.807) is 11.3 Å². The lowest BCUT2D eigenvalue weighted by Gasteiger charge is -2.30. The summed E-state index contributed by atoms with van der Waals surface area (Å²) >= 11 is 1.63. The molecule has 0 aliphatic carbocycles. The largest absolute Gasteiger partial charge is 0.361 e. The van der Waals surface area contributed by atoms with E-state index in [0.717, 1.165) is 23.5 Å². The van der Waals surface area contributed by atoms with Crippen molar-refractivity contribution in [1.29, 1.82) is 0 Å². The van der Waals surface area contributed by atoms with E-state index in [-0.39, 0.29) is 6.04 Å². The topological polar surface area (TPSA) is 61.4 Å². The Morgan fingerprint density at radius 3 is 2.59 bits per heavy atom. The van der Waals surface area contributed by atoms with E-state index >= 15 is 0 Å². The fraction of sp³-hybridized carbons (Fsp3) is 0.182. The first-order valence-corrected chi connectivity index (χ1v) is 10.2. The number of nitrogens with zero attached hydrogens (tertiary/aromatic N) is 1.